The van der Waals surface area contributed by atoms with Crippen molar-refractivity contribution < 1.29 is 0 Å². The predicted molar refractivity (Wildman–Crippen MR) is 44.7 cm³/mol. The van der Waals surface area contributed by atoms with Crippen molar-refractivity contribution in [1.29, 1.82) is 0 Å². The molecule has 1 N–H and O–H groups in total. The smallest absolute Gasteiger partial charge is 0.185 e. The molecule has 0 radical (unpaired) electrons. The van der Waals surface area contributed by atoms with Crippen LogP contribution in [-0.2, 0) is 0 Å². The number of rotatable bonds is 0. The number of nitrogens with one attached hydrogen (secondary N) is 1. The quantitative estimate of drug-likeness (QED) is 0.442. The summed E-state index contributed by atoms with van der Waals surface area (Å²) >= 11 is 0. The average Bonchev–Trinajstić information content (AvgIpc) is 1.87. The molecular formula is C7H15BN2. The second-order valence-electron chi connectivity index (χ2n) is 3.95. The van der Waals surface area contributed by atoms with Crippen LogP contribution >= 0.6 is 0 Å². The van der Waals surface area contributed by atoms with Crippen LogP contribution in [0.3, 0.4) is 0 Å². The summed E-state index contributed by atoms with van der Waals surface area (Å²) in [5.41, 5.74) is 0.688. The van der Waals surface area contributed by atoms with Crippen molar-refractivity contribution in [3.8, 4) is 0 Å². The highest BCUT2D eigenvalue weighted by Crippen LogP contribution is 2.34. The van der Waals surface area contributed by atoms with E-state index in [2.05, 4.69) is 18.1 Å². The Balaban J connectivity index is 1.90. The van der Waals surface area contributed by atoms with Gasteiger partial charge in [-0.15, -0.1) is 0 Å². The van der Waals surface area contributed by atoms with Crippen molar-refractivity contribution in [2.24, 2.45) is 5.41 Å². The highest BCUT2D eigenvalue weighted by molar-refractivity contribution is 6.05. The Morgan fingerprint density at radius 1 is 1.40 bits per heavy atom. The van der Waals surface area contributed by atoms with E-state index in [9.17, 15) is 0 Å². The highest BCUT2D eigenvalue weighted by Gasteiger charge is 2.40. The lowest BCUT2D eigenvalue weighted by Crippen LogP contribution is -2.61. The zero-order chi connectivity index (χ0) is 7.03. The first-order valence-electron chi connectivity index (χ1n) is 4.20. The van der Waals surface area contributed by atoms with Gasteiger partial charge in [-0.2, -0.15) is 0 Å². The van der Waals surface area contributed by atoms with Gasteiger partial charge in [-0.1, -0.05) is 0 Å². The van der Waals surface area contributed by atoms with E-state index in [0.717, 1.165) is 0 Å². The van der Waals surface area contributed by atoms with Gasteiger partial charge in [0.1, 0.15) is 0 Å². The Morgan fingerprint density at radius 3 is 2.70 bits per heavy atom. The van der Waals surface area contributed by atoms with Gasteiger partial charge >= 0.3 is 0 Å². The van der Waals surface area contributed by atoms with Crippen molar-refractivity contribution in [3.63, 3.8) is 0 Å². The molecule has 1 spiro atoms. The maximum Gasteiger partial charge on any atom is 0.185 e. The monoisotopic (exact) mass is 138 g/mol. The summed E-state index contributed by atoms with van der Waals surface area (Å²) in [4.78, 5) is 2.41. The summed E-state index contributed by atoms with van der Waals surface area (Å²) in [6, 6.07) is 0. The Labute approximate surface area is 63.4 Å². The van der Waals surface area contributed by atoms with Gasteiger partial charge in [-0.25, -0.2) is 0 Å². The lowest BCUT2D eigenvalue weighted by molar-refractivity contribution is 0.0448. The van der Waals surface area contributed by atoms with E-state index in [4.69, 9.17) is 0 Å². The summed E-state index contributed by atoms with van der Waals surface area (Å²) in [5, 5.41) is 3.47. The van der Waals surface area contributed by atoms with Gasteiger partial charge in [0.25, 0.3) is 0 Å². The number of hydrogen-bond acceptors (Lipinski definition) is 2. The summed E-state index contributed by atoms with van der Waals surface area (Å²) in [5.74, 6) is 0. The van der Waals surface area contributed by atoms with Crippen LogP contribution in [0.2, 0.25) is 0 Å². The highest BCUT2D eigenvalue weighted by atomic mass is 15.1. The predicted octanol–water partition coefficient (Wildman–Crippen LogP) is -0.780. The van der Waals surface area contributed by atoms with Crippen LogP contribution in [0, 0.1) is 5.41 Å². The fraction of sp³-hybridized carbons (Fsp3) is 1.00. The molecule has 2 aliphatic rings. The second kappa shape index (κ2) is 2.24. The summed E-state index contributed by atoms with van der Waals surface area (Å²) < 4.78 is 0. The van der Waals surface area contributed by atoms with Crippen molar-refractivity contribution >= 4 is 7.98 Å². The summed E-state index contributed by atoms with van der Waals surface area (Å²) in [6.45, 7) is 5.14. The molecule has 2 fully saturated rings. The van der Waals surface area contributed by atoms with Gasteiger partial charge in [-0.05, 0) is 32.5 Å². The zero-order valence-corrected chi connectivity index (χ0v) is 6.69. The van der Waals surface area contributed by atoms with Gasteiger partial charge in [-0.3, -0.25) is 0 Å². The van der Waals surface area contributed by atoms with Crippen LogP contribution in [-0.4, -0.2) is 39.0 Å². The number of piperidine rings is 1. The van der Waals surface area contributed by atoms with Crippen LogP contribution in [0.4, 0.5) is 0 Å². The normalized spacial score (nSPS) is 32.0. The average molecular weight is 138 g/mol. The minimum absolute atomic E-state index is 0.688. The molecule has 2 saturated heterocycles. The van der Waals surface area contributed by atoms with E-state index in [-0.39, 0.29) is 0 Å². The molecular weight excluding hydrogens is 123 g/mol. The molecule has 2 heterocycles. The molecule has 2 rings (SSSR count). The first-order chi connectivity index (χ1) is 4.81. The van der Waals surface area contributed by atoms with Crippen molar-refractivity contribution in [1.82, 2.24) is 10.1 Å². The molecule has 56 valence electrons. The molecule has 0 aliphatic carbocycles. The Morgan fingerprint density at radius 2 is 2.20 bits per heavy atom. The molecule has 0 atom stereocenters. The van der Waals surface area contributed by atoms with Gasteiger partial charge in [0.05, 0.1) is 0 Å². The fourth-order valence-electron chi connectivity index (χ4n) is 2.40. The van der Waals surface area contributed by atoms with Crippen molar-refractivity contribution in [3.05, 3.63) is 0 Å². The zero-order valence-electron chi connectivity index (χ0n) is 6.69. The summed E-state index contributed by atoms with van der Waals surface area (Å²) in [6.07, 6.45) is 2.83. The molecule has 0 aromatic carbocycles. The topological polar surface area (TPSA) is 15.3 Å². The molecule has 10 heavy (non-hydrogen) atoms. The third-order valence-electron chi connectivity index (χ3n) is 2.77. The lowest BCUT2D eigenvalue weighted by atomic mass is 9.72. The lowest BCUT2D eigenvalue weighted by Gasteiger charge is -2.51. The minimum atomic E-state index is 0.688. The molecule has 0 unspecified atom stereocenters. The second-order valence-corrected chi connectivity index (χ2v) is 3.95. The molecule has 0 bridgehead atoms. The van der Waals surface area contributed by atoms with Gasteiger partial charge < -0.3 is 10.1 Å². The summed E-state index contributed by atoms with van der Waals surface area (Å²) in [7, 11) is 2.21. The van der Waals surface area contributed by atoms with Crippen LogP contribution in [0.5, 0.6) is 0 Å². The van der Waals surface area contributed by atoms with E-state index in [1.807, 2.05) is 0 Å². The number of nitrogens with zero attached hydrogens (tertiary/aromatic N) is 1. The number of hydrogen-bond donors (Lipinski definition) is 1. The van der Waals surface area contributed by atoms with Gasteiger partial charge in [0.2, 0.25) is 0 Å². The minimum Gasteiger partial charge on any atom is -0.348 e. The van der Waals surface area contributed by atoms with Gasteiger partial charge in [0, 0.05) is 12.0 Å². The van der Waals surface area contributed by atoms with Gasteiger partial charge in [0.15, 0.2) is 7.98 Å². The van der Waals surface area contributed by atoms with E-state index in [1.165, 1.54) is 39.0 Å². The van der Waals surface area contributed by atoms with E-state index < -0.39 is 0 Å². The largest absolute Gasteiger partial charge is 0.348 e. The van der Waals surface area contributed by atoms with E-state index >= 15 is 0 Å². The van der Waals surface area contributed by atoms with Crippen LogP contribution in [0.15, 0.2) is 0 Å². The van der Waals surface area contributed by atoms with Crippen LogP contribution in [0.1, 0.15) is 12.8 Å². The maximum atomic E-state index is 3.47. The maximum absolute atomic E-state index is 3.47. The SMILES string of the molecule is BN1CC2(CCCNC2)C1. The Kier molecular flexibility index (Phi) is 1.50. The third kappa shape index (κ3) is 0.975. The molecule has 2 nitrogen and oxygen atoms in total. The Bertz CT molecular complexity index is 116. The molecule has 0 saturated carbocycles. The van der Waals surface area contributed by atoms with Crippen LogP contribution < -0.4 is 5.32 Å². The Hall–Kier alpha value is -0.0151. The molecule has 0 aromatic heterocycles. The van der Waals surface area contributed by atoms with Crippen molar-refractivity contribution in [2.75, 3.05) is 26.2 Å². The molecule has 3 heteroatoms. The third-order valence-corrected chi connectivity index (χ3v) is 2.77. The molecule has 0 amide bonds. The fourth-order valence-corrected chi connectivity index (χ4v) is 2.40. The molecule has 0 aromatic rings. The first-order valence-corrected chi connectivity index (χ1v) is 4.20. The van der Waals surface area contributed by atoms with E-state index in [0.29, 0.717) is 5.41 Å². The van der Waals surface area contributed by atoms with Crippen molar-refractivity contribution in [2.45, 2.75) is 12.8 Å². The molecule has 2 aliphatic heterocycles. The van der Waals surface area contributed by atoms with E-state index in [1.54, 1.807) is 0 Å². The standard InChI is InChI=1S/C7H15BN2/c8-10-5-7(6-10)2-1-3-9-4-7/h9H,1-6,8H2. The first kappa shape index (κ1) is 6.68. The van der Waals surface area contributed by atoms with Crippen LogP contribution in [0.25, 0.3) is 0 Å².